The lowest BCUT2D eigenvalue weighted by molar-refractivity contribution is 0.0497. The van der Waals surface area contributed by atoms with Crippen LogP contribution < -0.4 is 0 Å². The number of hydrogen-bond donors (Lipinski definition) is 1. The molecule has 0 aliphatic heterocycles. The van der Waals surface area contributed by atoms with E-state index in [1.54, 1.807) is 12.1 Å². The maximum Gasteiger partial charge on any atom is 0.339 e. The third kappa shape index (κ3) is 5.94. The van der Waals surface area contributed by atoms with Crippen molar-refractivity contribution in [3.63, 3.8) is 0 Å². The van der Waals surface area contributed by atoms with E-state index in [-0.39, 0.29) is 15.1 Å². The summed E-state index contributed by atoms with van der Waals surface area (Å²) in [5.41, 5.74) is 0.0864. The number of ether oxygens (including phenoxy) is 1. The first-order valence-corrected chi connectivity index (χ1v) is 9.03. The fourth-order valence-corrected chi connectivity index (χ4v) is 2.79. The summed E-state index contributed by atoms with van der Waals surface area (Å²) in [6.45, 7) is 0.314. The van der Waals surface area contributed by atoms with E-state index in [0.29, 0.717) is 6.61 Å². The van der Waals surface area contributed by atoms with E-state index in [4.69, 9.17) is 9.84 Å². The predicted molar refractivity (Wildman–Crippen MR) is 94.2 cm³/mol. The van der Waals surface area contributed by atoms with Crippen LogP contribution in [0.5, 0.6) is 0 Å². The van der Waals surface area contributed by atoms with E-state index in [0.717, 1.165) is 23.7 Å². The minimum atomic E-state index is -1.12. The van der Waals surface area contributed by atoms with Crippen molar-refractivity contribution >= 4 is 57.1 Å². The highest BCUT2D eigenvalue weighted by atomic mass is 127. The summed E-state index contributed by atoms with van der Waals surface area (Å²) in [6, 6.07) is 6.10. The van der Waals surface area contributed by atoms with Gasteiger partial charge in [-0.2, -0.15) is 0 Å². The first-order valence-electron chi connectivity index (χ1n) is 6.25. The molecule has 0 radical (unpaired) electrons. The molecule has 1 aromatic rings. The van der Waals surface area contributed by atoms with Crippen molar-refractivity contribution in [2.45, 2.75) is 23.2 Å². The van der Waals surface area contributed by atoms with Crippen LogP contribution in [0.15, 0.2) is 24.3 Å². The Balaban J connectivity index is 2.53. The van der Waals surface area contributed by atoms with Crippen molar-refractivity contribution in [2.75, 3.05) is 11.0 Å². The number of esters is 1. The van der Waals surface area contributed by atoms with E-state index < -0.39 is 11.9 Å². The number of hydrogen-bond acceptors (Lipinski definition) is 3. The molecule has 6 heteroatoms. The van der Waals surface area contributed by atoms with Crippen molar-refractivity contribution in [2.24, 2.45) is 0 Å². The molecule has 1 atom stereocenters. The van der Waals surface area contributed by atoms with E-state index in [1.807, 2.05) is 0 Å². The third-order valence-electron chi connectivity index (χ3n) is 2.67. The molecule has 4 nitrogen and oxygen atoms in total. The Bertz CT molecular complexity index is 462. The minimum absolute atomic E-state index is 0.0209. The Labute approximate surface area is 145 Å². The number of carbonyl (C=O) groups excluding carboxylic acids is 1. The standard InChI is InChI=1S/C14H16I2O4/c15-8-4-3-5-10(16)9-20-14(19)12-7-2-1-6-11(12)13(17)18/h1-2,6-7,10H,3-5,8-9H2,(H,17,18). The molecular weight excluding hydrogens is 486 g/mol. The number of aromatic carboxylic acids is 1. The van der Waals surface area contributed by atoms with Gasteiger partial charge in [-0.3, -0.25) is 0 Å². The molecule has 0 spiro atoms. The Morgan fingerprint density at radius 1 is 1.20 bits per heavy atom. The van der Waals surface area contributed by atoms with Crippen molar-refractivity contribution in [3.8, 4) is 0 Å². The molecule has 20 heavy (non-hydrogen) atoms. The van der Waals surface area contributed by atoms with Gasteiger partial charge in [0.15, 0.2) is 0 Å². The number of alkyl halides is 2. The molecule has 0 bridgehead atoms. The lowest BCUT2D eigenvalue weighted by Crippen LogP contribution is -2.16. The summed E-state index contributed by atoms with van der Waals surface area (Å²) in [5.74, 6) is -1.69. The molecule has 0 saturated heterocycles. The third-order valence-corrected chi connectivity index (χ3v) is 4.42. The number of carboxylic acids is 1. The summed E-state index contributed by atoms with van der Waals surface area (Å²) < 4.78 is 6.59. The first kappa shape index (κ1) is 17.7. The number of carboxylic acid groups (broad SMARTS) is 1. The van der Waals surface area contributed by atoms with Crippen LogP contribution in [0.25, 0.3) is 0 Å². The lowest BCUT2D eigenvalue weighted by Gasteiger charge is -2.11. The highest BCUT2D eigenvalue weighted by Crippen LogP contribution is 2.15. The van der Waals surface area contributed by atoms with E-state index in [2.05, 4.69) is 45.2 Å². The number of carbonyl (C=O) groups is 2. The zero-order valence-corrected chi connectivity index (χ0v) is 15.2. The Morgan fingerprint density at radius 3 is 2.45 bits per heavy atom. The van der Waals surface area contributed by atoms with Crippen molar-refractivity contribution in [3.05, 3.63) is 35.4 Å². The summed E-state index contributed by atoms with van der Waals surface area (Å²) in [5, 5.41) is 9.03. The predicted octanol–water partition coefficient (Wildman–Crippen LogP) is 3.95. The molecule has 0 aliphatic carbocycles. The van der Waals surface area contributed by atoms with Gasteiger partial charge in [-0.25, -0.2) is 9.59 Å². The fraction of sp³-hybridized carbons (Fsp3) is 0.429. The smallest absolute Gasteiger partial charge is 0.339 e. The molecule has 0 fully saturated rings. The van der Waals surface area contributed by atoms with E-state index in [1.165, 1.54) is 12.1 Å². The molecule has 1 unspecified atom stereocenters. The van der Waals surface area contributed by atoms with Gasteiger partial charge in [0.1, 0.15) is 6.61 Å². The van der Waals surface area contributed by atoms with Crippen LogP contribution in [0.2, 0.25) is 0 Å². The van der Waals surface area contributed by atoms with Crippen LogP contribution in [0, 0.1) is 0 Å². The summed E-state index contributed by atoms with van der Waals surface area (Å²) in [6.07, 6.45) is 3.27. The average molecular weight is 502 g/mol. The zero-order valence-electron chi connectivity index (χ0n) is 10.9. The van der Waals surface area contributed by atoms with Gasteiger partial charge >= 0.3 is 11.9 Å². The molecule has 0 amide bonds. The number of halogens is 2. The fourth-order valence-electron chi connectivity index (χ4n) is 1.64. The maximum absolute atomic E-state index is 11.9. The van der Waals surface area contributed by atoms with Gasteiger partial charge in [-0.1, -0.05) is 63.7 Å². The van der Waals surface area contributed by atoms with E-state index in [9.17, 15) is 9.59 Å². The second-order valence-electron chi connectivity index (χ2n) is 4.23. The normalized spacial score (nSPS) is 11.9. The average Bonchev–Trinajstić information content (AvgIpc) is 2.45. The number of unbranched alkanes of at least 4 members (excludes halogenated alkanes) is 1. The zero-order chi connectivity index (χ0) is 15.0. The lowest BCUT2D eigenvalue weighted by atomic mass is 10.1. The Kier molecular flexibility index (Phi) is 8.43. The minimum Gasteiger partial charge on any atom is -0.478 e. The summed E-state index contributed by atoms with van der Waals surface area (Å²) >= 11 is 4.60. The maximum atomic E-state index is 11.9. The molecule has 1 rings (SSSR count). The second kappa shape index (κ2) is 9.54. The van der Waals surface area contributed by atoms with Gasteiger partial charge in [0.2, 0.25) is 0 Å². The Morgan fingerprint density at radius 2 is 1.85 bits per heavy atom. The molecule has 110 valence electrons. The number of benzene rings is 1. The van der Waals surface area contributed by atoms with Gasteiger partial charge in [0.05, 0.1) is 11.1 Å². The highest BCUT2D eigenvalue weighted by Gasteiger charge is 2.17. The molecule has 0 aliphatic rings. The molecular formula is C14H16I2O4. The first-order chi connectivity index (χ1) is 9.56. The largest absolute Gasteiger partial charge is 0.478 e. The molecule has 0 aromatic heterocycles. The molecule has 1 aromatic carbocycles. The molecule has 1 N–H and O–H groups in total. The summed E-state index contributed by atoms with van der Waals surface area (Å²) in [4.78, 5) is 22.9. The van der Waals surface area contributed by atoms with Gasteiger partial charge in [-0.05, 0) is 29.4 Å². The van der Waals surface area contributed by atoms with Crippen molar-refractivity contribution < 1.29 is 19.4 Å². The number of rotatable bonds is 8. The van der Waals surface area contributed by atoms with Crippen LogP contribution in [0.3, 0.4) is 0 Å². The van der Waals surface area contributed by atoms with Crippen molar-refractivity contribution in [1.82, 2.24) is 0 Å². The SMILES string of the molecule is O=C(O)c1ccccc1C(=O)OCC(I)CCCCI. The topological polar surface area (TPSA) is 63.6 Å². The van der Waals surface area contributed by atoms with Crippen LogP contribution in [-0.2, 0) is 4.74 Å². The van der Waals surface area contributed by atoms with Gasteiger partial charge in [0, 0.05) is 3.92 Å². The van der Waals surface area contributed by atoms with Crippen LogP contribution >= 0.6 is 45.2 Å². The summed E-state index contributed by atoms with van der Waals surface area (Å²) in [7, 11) is 0. The molecule has 0 saturated carbocycles. The van der Waals surface area contributed by atoms with Crippen LogP contribution in [0.4, 0.5) is 0 Å². The Hall–Kier alpha value is -0.380. The van der Waals surface area contributed by atoms with Crippen LogP contribution in [0.1, 0.15) is 40.0 Å². The van der Waals surface area contributed by atoms with Gasteiger partial charge in [0.25, 0.3) is 0 Å². The van der Waals surface area contributed by atoms with Gasteiger partial charge in [-0.15, -0.1) is 0 Å². The van der Waals surface area contributed by atoms with E-state index >= 15 is 0 Å². The van der Waals surface area contributed by atoms with Crippen LogP contribution in [-0.4, -0.2) is 32.0 Å². The monoisotopic (exact) mass is 502 g/mol. The molecule has 0 heterocycles. The van der Waals surface area contributed by atoms with Crippen molar-refractivity contribution in [1.29, 1.82) is 0 Å². The van der Waals surface area contributed by atoms with Gasteiger partial charge < -0.3 is 9.84 Å². The highest BCUT2D eigenvalue weighted by molar-refractivity contribution is 14.1. The quantitative estimate of drug-likeness (QED) is 0.253. The second-order valence-corrected chi connectivity index (χ2v) is 7.07.